The van der Waals surface area contributed by atoms with Gasteiger partial charge in [-0.05, 0) is 25.2 Å². The predicted octanol–water partition coefficient (Wildman–Crippen LogP) is 17.5. The number of carbonyl (C=O) groups is 3. The lowest BCUT2D eigenvalue weighted by Gasteiger charge is -2.18. The summed E-state index contributed by atoms with van der Waals surface area (Å²) < 4.78 is 16.8. The first-order chi connectivity index (χ1) is 29.4. The third-order valence-corrected chi connectivity index (χ3v) is 12.3. The van der Waals surface area contributed by atoms with Crippen molar-refractivity contribution >= 4 is 17.9 Å². The molecule has 0 radical (unpaired) electrons. The van der Waals surface area contributed by atoms with Gasteiger partial charge >= 0.3 is 17.9 Å². The molecule has 0 saturated heterocycles. The minimum absolute atomic E-state index is 0.0623. The molecule has 6 nitrogen and oxygen atoms in total. The van der Waals surface area contributed by atoms with Gasteiger partial charge in [0, 0.05) is 19.3 Å². The summed E-state index contributed by atoms with van der Waals surface area (Å²) >= 11 is 0. The molecule has 1 atom stereocenters. The second kappa shape index (κ2) is 48.4. The quantitative estimate of drug-likeness (QED) is 0.0345. The van der Waals surface area contributed by atoms with Crippen LogP contribution in [-0.4, -0.2) is 37.2 Å². The molecule has 60 heavy (non-hydrogen) atoms. The molecule has 0 unspecified atom stereocenters. The zero-order valence-corrected chi connectivity index (χ0v) is 40.9. The molecule has 6 heteroatoms. The Morgan fingerprint density at radius 3 is 0.817 bits per heavy atom. The van der Waals surface area contributed by atoms with E-state index in [0.717, 1.165) is 63.7 Å². The number of hydrogen-bond donors (Lipinski definition) is 0. The maximum absolute atomic E-state index is 12.8. The van der Waals surface area contributed by atoms with Gasteiger partial charge in [-0.25, -0.2) is 0 Å². The number of rotatable bonds is 49. The van der Waals surface area contributed by atoms with Crippen LogP contribution in [0.5, 0.6) is 0 Å². The van der Waals surface area contributed by atoms with Gasteiger partial charge in [0.1, 0.15) is 13.2 Å². The Hall–Kier alpha value is -1.59. The van der Waals surface area contributed by atoms with Crippen LogP contribution in [0.25, 0.3) is 0 Å². The van der Waals surface area contributed by atoms with Crippen LogP contribution in [0.3, 0.4) is 0 Å². The molecule has 0 fully saturated rings. The van der Waals surface area contributed by atoms with Gasteiger partial charge in [0.05, 0.1) is 0 Å². The van der Waals surface area contributed by atoms with E-state index in [1.165, 1.54) is 199 Å². The molecular formula is C54H104O6. The summed E-state index contributed by atoms with van der Waals surface area (Å²) in [4.78, 5) is 38.0. The molecule has 0 aromatic carbocycles. The van der Waals surface area contributed by atoms with Crippen molar-refractivity contribution in [3.8, 4) is 0 Å². The lowest BCUT2D eigenvalue weighted by atomic mass is 10.0. The molecule has 0 heterocycles. The van der Waals surface area contributed by atoms with E-state index in [1.807, 2.05) is 0 Å². The number of hydrogen-bond acceptors (Lipinski definition) is 6. The van der Waals surface area contributed by atoms with Gasteiger partial charge in [-0.2, -0.15) is 0 Å². The van der Waals surface area contributed by atoms with Gasteiger partial charge in [-0.15, -0.1) is 0 Å². The molecule has 0 aromatic rings. The fourth-order valence-corrected chi connectivity index (χ4v) is 8.22. The largest absolute Gasteiger partial charge is 0.462 e. The Balaban J connectivity index is 4.31. The summed E-state index contributed by atoms with van der Waals surface area (Å²) in [5.41, 5.74) is 0. The van der Waals surface area contributed by atoms with Gasteiger partial charge in [-0.1, -0.05) is 265 Å². The summed E-state index contributed by atoms with van der Waals surface area (Å²) in [5, 5.41) is 0. The van der Waals surface area contributed by atoms with E-state index >= 15 is 0 Å². The summed E-state index contributed by atoms with van der Waals surface area (Å²) in [7, 11) is 0. The summed E-state index contributed by atoms with van der Waals surface area (Å²) in [6.07, 6.45) is 50.8. The minimum Gasteiger partial charge on any atom is -0.462 e. The third-order valence-electron chi connectivity index (χ3n) is 12.3. The molecule has 0 aliphatic heterocycles. The van der Waals surface area contributed by atoms with Crippen LogP contribution in [0.2, 0.25) is 0 Å². The summed E-state index contributed by atoms with van der Waals surface area (Å²) in [6.45, 7) is 9.04. The molecule has 0 rings (SSSR count). The number of esters is 3. The fourth-order valence-electron chi connectivity index (χ4n) is 8.22. The van der Waals surface area contributed by atoms with E-state index in [4.69, 9.17) is 14.2 Å². The summed E-state index contributed by atoms with van der Waals surface area (Å²) in [5.74, 6) is -0.00671. The van der Waals surface area contributed by atoms with Crippen molar-refractivity contribution < 1.29 is 28.6 Å². The van der Waals surface area contributed by atoms with Crippen LogP contribution in [0.15, 0.2) is 0 Å². The van der Waals surface area contributed by atoms with Crippen LogP contribution in [-0.2, 0) is 28.6 Å². The SMILES string of the molecule is CCCCCCCCCCCCCCCCC(=O)O[C@H](COC(=O)CCCCCCCCCCCCCCC)COC(=O)CCCCCCCCCCCCCCC(C)C. The number of unbranched alkanes of at least 4 members (excludes halogenated alkanes) is 36. The molecular weight excluding hydrogens is 745 g/mol. The van der Waals surface area contributed by atoms with E-state index in [-0.39, 0.29) is 31.1 Å². The average Bonchev–Trinajstić information content (AvgIpc) is 3.23. The smallest absolute Gasteiger partial charge is 0.306 e. The topological polar surface area (TPSA) is 78.9 Å². The predicted molar refractivity (Wildman–Crippen MR) is 257 cm³/mol. The first-order valence-electron chi connectivity index (χ1n) is 26.9. The highest BCUT2D eigenvalue weighted by Crippen LogP contribution is 2.17. The molecule has 0 saturated carbocycles. The van der Waals surface area contributed by atoms with E-state index < -0.39 is 6.10 Å². The van der Waals surface area contributed by atoms with E-state index in [0.29, 0.717) is 19.3 Å². The molecule has 0 amide bonds. The first kappa shape index (κ1) is 58.4. The Morgan fingerprint density at radius 2 is 0.550 bits per heavy atom. The summed E-state index contributed by atoms with van der Waals surface area (Å²) in [6, 6.07) is 0. The maximum Gasteiger partial charge on any atom is 0.306 e. The standard InChI is InChI=1S/C54H104O6/c1-5-7-9-11-13-15-17-19-21-27-31-35-39-43-47-54(57)60-51(48-58-52(55)45-41-37-33-29-25-20-18-16-14-12-10-8-6-2)49-59-53(56)46-42-38-34-30-26-23-22-24-28-32-36-40-44-50(3)4/h50-51H,5-49H2,1-4H3/t51-/m1/s1. The Labute approximate surface area is 374 Å². The highest BCUT2D eigenvalue weighted by atomic mass is 16.6. The van der Waals surface area contributed by atoms with Crippen LogP contribution >= 0.6 is 0 Å². The zero-order valence-electron chi connectivity index (χ0n) is 40.9. The van der Waals surface area contributed by atoms with Crippen molar-refractivity contribution in [2.45, 2.75) is 310 Å². The van der Waals surface area contributed by atoms with Crippen LogP contribution in [0.4, 0.5) is 0 Å². The highest BCUT2D eigenvalue weighted by Gasteiger charge is 2.19. The molecule has 0 N–H and O–H groups in total. The third kappa shape index (κ3) is 47.5. The van der Waals surface area contributed by atoms with Crippen molar-refractivity contribution in [1.29, 1.82) is 0 Å². The monoisotopic (exact) mass is 849 g/mol. The first-order valence-corrected chi connectivity index (χ1v) is 26.9. The zero-order chi connectivity index (χ0) is 43.8. The maximum atomic E-state index is 12.8. The average molecular weight is 849 g/mol. The molecule has 0 spiro atoms. The lowest BCUT2D eigenvalue weighted by molar-refractivity contribution is -0.167. The highest BCUT2D eigenvalue weighted by molar-refractivity contribution is 5.71. The van der Waals surface area contributed by atoms with Gasteiger partial charge in [0.2, 0.25) is 0 Å². The van der Waals surface area contributed by atoms with Crippen molar-refractivity contribution in [3.63, 3.8) is 0 Å². The van der Waals surface area contributed by atoms with Crippen LogP contribution in [0, 0.1) is 5.92 Å². The molecule has 0 bridgehead atoms. The minimum atomic E-state index is -0.760. The van der Waals surface area contributed by atoms with Gasteiger partial charge in [0.25, 0.3) is 0 Å². The van der Waals surface area contributed by atoms with E-state index in [9.17, 15) is 14.4 Å². The second-order valence-electron chi connectivity index (χ2n) is 19.0. The normalized spacial score (nSPS) is 11.9. The Bertz CT molecular complexity index is 903. The fraction of sp³-hybridized carbons (Fsp3) is 0.944. The van der Waals surface area contributed by atoms with Crippen molar-refractivity contribution in [2.75, 3.05) is 13.2 Å². The van der Waals surface area contributed by atoms with Crippen molar-refractivity contribution in [1.82, 2.24) is 0 Å². The van der Waals surface area contributed by atoms with Gasteiger partial charge in [-0.3, -0.25) is 14.4 Å². The molecule has 0 aliphatic rings. The van der Waals surface area contributed by atoms with Crippen LogP contribution in [0.1, 0.15) is 304 Å². The number of ether oxygens (including phenoxy) is 3. The molecule has 0 aromatic heterocycles. The van der Waals surface area contributed by atoms with E-state index in [1.54, 1.807) is 0 Å². The van der Waals surface area contributed by atoms with Crippen molar-refractivity contribution in [3.05, 3.63) is 0 Å². The Kier molecular flexibility index (Phi) is 47.2. The Morgan fingerprint density at radius 1 is 0.317 bits per heavy atom. The van der Waals surface area contributed by atoms with Gasteiger partial charge < -0.3 is 14.2 Å². The van der Waals surface area contributed by atoms with Gasteiger partial charge in [0.15, 0.2) is 6.10 Å². The van der Waals surface area contributed by atoms with Crippen molar-refractivity contribution in [2.24, 2.45) is 5.92 Å². The van der Waals surface area contributed by atoms with Crippen LogP contribution < -0.4 is 0 Å². The molecule has 356 valence electrons. The molecule has 0 aliphatic carbocycles. The second-order valence-corrected chi connectivity index (χ2v) is 19.0. The lowest BCUT2D eigenvalue weighted by Crippen LogP contribution is -2.30. The van der Waals surface area contributed by atoms with E-state index in [2.05, 4.69) is 27.7 Å². The number of carbonyl (C=O) groups excluding carboxylic acids is 3.